The highest BCUT2D eigenvalue weighted by Crippen LogP contribution is 2.26. The average Bonchev–Trinajstić information content (AvgIpc) is 2.49. The smallest absolute Gasteiger partial charge is 0.288 e. The van der Waals surface area contributed by atoms with Gasteiger partial charge in [0, 0.05) is 10.6 Å². The third-order valence-corrected chi connectivity index (χ3v) is 4.99. The maximum Gasteiger partial charge on any atom is 0.288 e. The molecular weight excluding hydrogens is 306 g/mol. The molecule has 1 amide bonds. The third-order valence-electron chi connectivity index (χ3n) is 4.27. The lowest BCUT2D eigenvalue weighted by Gasteiger charge is -2.31. The summed E-state index contributed by atoms with van der Waals surface area (Å²) in [5.41, 5.74) is 0.653. The van der Waals surface area contributed by atoms with Gasteiger partial charge in [-0.1, -0.05) is 18.7 Å². The van der Waals surface area contributed by atoms with Crippen molar-refractivity contribution in [2.75, 3.05) is 18.4 Å². The third kappa shape index (κ3) is 4.95. The molecule has 6 heteroatoms. The van der Waals surface area contributed by atoms with E-state index in [9.17, 15) is 13.6 Å². The Bertz CT molecular complexity index is 487. The fraction of sp³-hybridized carbons (Fsp3) is 0.562. The molecule has 22 heavy (non-hydrogen) atoms. The SMILES string of the molecule is CC1CC[NH+]([C@@H](C)C(=O)Nc2ccc(SC(F)F)cc2)CC1. The van der Waals surface area contributed by atoms with Crippen LogP contribution in [0, 0.1) is 5.92 Å². The average molecular weight is 329 g/mol. The first kappa shape index (κ1) is 17.2. The Morgan fingerprint density at radius 1 is 1.27 bits per heavy atom. The molecule has 0 radical (unpaired) electrons. The summed E-state index contributed by atoms with van der Waals surface area (Å²) in [4.78, 5) is 14.1. The maximum absolute atomic E-state index is 12.3. The molecule has 0 aliphatic carbocycles. The van der Waals surface area contributed by atoms with Gasteiger partial charge in [-0.15, -0.1) is 0 Å². The topological polar surface area (TPSA) is 33.5 Å². The summed E-state index contributed by atoms with van der Waals surface area (Å²) in [5, 5.41) is 2.87. The van der Waals surface area contributed by atoms with E-state index in [2.05, 4.69) is 12.2 Å². The van der Waals surface area contributed by atoms with Crippen molar-refractivity contribution in [3.05, 3.63) is 24.3 Å². The lowest BCUT2D eigenvalue weighted by molar-refractivity contribution is -0.919. The maximum atomic E-state index is 12.3. The largest absolute Gasteiger partial charge is 0.325 e. The number of benzene rings is 1. The molecular formula is C16H23F2N2OS+. The Morgan fingerprint density at radius 3 is 2.41 bits per heavy atom. The second-order valence-corrected chi connectivity index (χ2v) is 7.02. The van der Waals surface area contributed by atoms with Crippen molar-refractivity contribution in [2.45, 2.75) is 43.4 Å². The van der Waals surface area contributed by atoms with Gasteiger partial charge in [0.25, 0.3) is 11.7 Å². The molecule has 1 aliphatic heterocycles. The van der Waals surface area contributed by atoms with Crippen LogP contribution in [0.15, 0.2) is 29.2 Å². The van der Waals surface area contributed by atoms with E-state index in [0.717, 1.165) is 31.8 Å². The lowest BCUT2D eigenvalue weighted by Crippen LogP contribution is -3.17. The van der Waals surface area contributed by atoms with Gasteiger partial charge in [0.1, 0.15) is 0 Å². The number of thioether (sulfide) groups is 1. The van der Waals surface area contributed by atoms with Gasteiger partial charge < -0.3 is 10.2 Å². The van der Waals surface area contributed by atoms with E-state index in [-0.39, 0.29) is 11.9 Å². The molecule has 2 rings (SSSR count). The number of amides is 1. The Hall–Kier alpha value is -1.14. The highest BCUT2D eigenvalue weighted by atomic mass is 32.2. The number of hydrogen-bond donors (Lipinski definition) is 2. The highest BCUT2D eigenvalue weighted by molar-refractivity contribution is 7.99. The molecule has 1 aromatic rings. The number of nitrogens with one attached hydrogen (secondary N) is 2. The number of carbonyl (C=O) groups is 1. The van der Waals surface area contributed by atoms with Crippen LogP contribution >= 0.6 is 11.8 Å². The molecule has 0 spiro atoms. The summed E-state index contributed by atoms with van der Waals surface area (Å²) in [5.74, 6) is -1.69. The zero-order chi connectivity index (χ0) is 16.1. The Morgan fingerprint density at radius 2 is 1.86 bits per heavy atom. The summed E-state index contributed by atoms with van der Waals surface area (Å²) >= 11 is 0.505. The fourth-order valence-electron chi connectivity index (χ4n) is 2.72. The second kappa shape index (κ2) is 7.92. The highest BCUT2D eigenvalue weighted by Gasteiger charge is 2.28. The molecule has 1 fully saturated rings. The molecule has 1 heterocycles. The van der Waals surface area contributed by atoms with Crippen molar-refractivity contribution in [1.82, 2.24) is 0 Å². The first-order valence-electron chi connectivity index (χ1n) is 7.66. The number of quaternary nitrogens is 1. The van der Waals surface area contributed by atoms with Gasteiger partial charge in [-0.25, -0.2) is 0 Å². The standard InChI is InChI=1S/C16H22F2N2OS/c1-11-7-9-20(10-8-11)12(2)15(21)19-13-3-5-14(6-4-13)22-16(17)18/h3-6,11-12,16H,7-10H2,1-2H3,(H,19,21)/p+1/t12-/m0/s1. The molecule has 1 saturated heterocycles. The van der Waals surface area contributed by atoms with Crippen molar-refractivity contribution >= 4 is 23.4 Å². The number of likely N-dealkylation sites (tertiary alicyclic amines) is 1. The summed E-state index contributed by atoms with van der Waals surface area (Å²) in [6.45, 7) is 6.25. The normalized spacial score (nSPS) is 23.3. The van der Waals surface area contributed by atoms with Crippen molar-refractivity contribution in [2.24, 2.45) is 5.92 Å². The van der Waals surface area contributed by atoms with E-state index < -0.39 is 5.76 Å². The molecule has 122 valence electrons. The van der Waals surface area contributed by atoms with E-state index in [1.807, 2.05) is 6.92 Å². The Kier molecular flexibility index (Phi) is 6.20. The van der Waals surface area contributed by atoms with E-state index in [0.29, 0.717) is 22.3 Å². The van der Waals surface area contributed by atoms with Gasteiger partial charge in [-0.3, -0.25) is 4.79 Å². The van der Waals surface area contributed by atoms with Gasteiger partial charge in [0.05, 0.1) is 13.1 Å². The first-order chi connectivity index (χ1) is 10.5. The van der Waals surface area contributed by atoms with Gasteiger partial charge in [-0.05, 0) is 49.9 Å². The molecule has 3 nitrogen and oxygen atoms in total. The summed E-state index contributed by atoms with van der Waals surface area (Å²) < 4.78 is 24.5. The van der Waals surface area contributed by atoms with E-state index >= 15 is 0 Å². The van der Waals surface area contributed by atoms with E-state index in [4.69, 9.17) is 0 Å². The van der Waals surface area contributed by atoms with Crippen LogP contribution in [0.1, 0.15) is 26.7 Å². The molecule has 1 aliphatic rings. The number of anilines is 1. The van der Waals surface area contributed by atoms with Crippen LogP contribution in [0.5, 0.6) is 0 Å². The van der Waals surface area contributed by atoms with Crippen LogP contribution in [0.3, 0.4) is 0 Å². The van der Waals surface area contributed by atoms with Crippen LogP contribution in [-0.2, 0) is 4.79 Å². The number of piperidine rings is 1. The molecule has 1 aromatic carbocycles. The van der Waals surface area contributed by atoms with E-state index in [1.54, 1.807) is 24.3 Å². The molecule has 0 aromatic heterocycles. The van der Waals surface area contributed by atoms with Crippen LogP contribution in [-0.4, -0.2) is 30.8 Å². The van der Waals surface area contributed by atoms with Crippen LogP contribution in [0.2, 0.25) is 0 Å². The molecule has 2 N–H and O–H groups in total. The lowest BCUT2D eigenvalue weighted by atomic mass is 9.98. The predicted octanol–water partition coefficient (Wildman–Crippen LogP) is 2.64. The van der Waals surface area contributed by atoms with Crippen molar-refractivity contribution in [3.8, 4) is 0 Å². The van der Waals surface area contributed by atoms with Crippen LogP contribution in [0.4, 0.5) is 14.5 Å². The quantitative estimate of drug-likeness (QED) is 0.814. The fourth-order valence-corrected chi connectivity index (χ4v) is 3.22. The summed E-state index contributed by atoms with van der Waals surface area (Å²) in [6.07, 6.45) is 2.32. The van der Waals surface area contributed by atoms with Crippen LogP contribution < -0.4 is 10.2 Å². The molecule has 0 bridgehead atoms. The summed E-state index contributed by atoms with van der Waals surface area (Å²) in [6, 6.07) is 6.45. The second-order valence-electron chi connectivity index (χ2n) is 5.95. The number of alkyl halides is 2. The molecule has 0 saturated carbocycles. The minimum atomic E-state index is -2.43. The van der Waals surface area contributed by atoms with Crippen molar-refractivity contribution in [3.63, 3.8) is 0 Å². The molecule has 1 atom stereocenters. The van der Waals surface area contributed by atoms with E-state index in [1.165, 1.54) is 4.90 Å². The first-order valence-corrected chi connectivity index (χ1v) is 8.54. The van der Waals surface area contributed by atoms with Crippen molar-refractivity contribution in [1.29, 1.82) is 0 Å². The number of halogens is 2. The van der Waals surface area contributed by atoms with Gasteiger partial charge in [-0.2, -0.15) is 8.78 Å². The van der Waals surface area contributed by atoms with Crippen LogP contribution in [0.25, 0.3) is 0 Å². The number of carbonyl (C=O) groups excluding carboxylic acids is 1. The minimum absolute atomic E-state index is 0.0150. The van der Waals surface area contributed by atoms with Crippen molar-refractivity contribution < 1.29 is 18.5 Å². The van der Waals surface area contributed by atoms with Gasteiger partial charge in [0.2, 0.25) is 0 Å². The zero-order valence-electron chi connectivity index (χ0n) is 12.9. The Labute approximate surface area is 134 Å². The summed E-state index contributed by atoms with van der Waals surface area (Å²) in [7, 11) is 0. The van der Waals surface area contributed by atoms with Gasteiger partial charge >= 0.3 is 0 Å². The monoisotopic (exact) mass is 329 g/mol. The van der Waals surface area contributed by atoms with Gasteiger partial charge in [0.15, 0.2) is 6.04 Å². The predicted molar refractivity (Wildman–Crippen MR) is 85.5 cm³/mol. The zero-order valence-corrected chi connectivity index (χ0v) is 13.8. The number of hydrogen-bond acceptors (Lipinski definition) is 2. The number of rotatable bonds is 5. The minimum Gasteiger partial charge on any atom is -0.325 e. The molecule has 0 unspecified atom stereocenters. The Balaban J connectivity index is 1.88.